The van der Waals surface area contributed by atoms with Gasteiger partial charge in [0.15, 0.2) is 0 Å². The Kier molecular flexibility index (Phi) is 3.45. The smallest absolute Gasteiger partial charge is 0.139 e. The molecule has 5 nitrogen and oxygen atoms in total. The summed E-state index contributed by atoms with van der Waals surface area (Å²) in [6.45, 7) is 0. The number of rotatable bonds is 1. The molecular formula is C12H15N3O2. The lowest BCUT2D eigenvalue weighted by atomic mass is 10.0. The maximum Gasteiger partial charge on any atom is 0.139 e. The van der Waals surface area contributed by atoms with Crippen LogP contribution in [0.4, 0.5) is 11.4 Å². The van der Waals surface area contributed by atoms with Crippen LogP contribution in [0.2, 0.25) is 0 Å². The van der Waals surface area contributed by atoms with Crippen LogP contribution >= 0.6 is 0 Å². The predicted molar refractivity (Wildman–Crippen MR) is 69.1 cm³/mol. The van der Waals surface area contributed by atoms with Gasteiger partial charge in [-0.2, -0.15) is 0 Å². The molecule has 0 aliphatic heterocycles. The first-order valence-corrected chi connectivity index (χ1v) is 4.75. The quantitative estimate of drug-likeness (QED) is 0.380. The number of nitrogens with two attached hydrogens (primary N) is 2. The fourth-order valence-electron chi connectivity index (χ4n) is 1.45. The highest BCUT2D eigenvalue weighted by molar-refractivity contribution is 5.73. The summed E-state index contributed by atoms with van der Waals surface area (Å²) in [4.78, 5) is 0. The number of hydrogen-bond donors (Lipinski definition) is 5. The number of benzene rings is 2. The van der Waals surface area contributed by atoms with Crippen molar-refractivity contribution in [2.24, 2.45) is 0 Å². The molecule has 0 bridgehead atoms. The van der Waals surface area contributed by atoms with Gasteiger partial charge in [-0.05, 0) is 35.4 Å². The van der Waals surface area contributed by atoms with Crippen molar-refractivity contribution < 1.29 is 10.2 Å². The van der Waals surface area contributed by atoms with Gasteiger partial charge in [0, 0.05) is 0 Å². The van der Waals surface area contributed by atoms with Gasteiger partial charge in [0.25, 0.3) is 0 Å². The molecule has 0 amide bonds. The zero-order valence-corrected chi connectivity index (χ0v) is 9.22. The average molecular weight is 233 g/mol. The van der Waals surface area contributed by atoms with Gasteiger partial charge in [-0.15, -0.1) is 0 Å². The molecule has 17 heavy (non-hydrogen) atoms. The van der Waals surface area contributed by atoms with Crippen LogP contribution in [0, 0.1) is 0 Å². The highest BCUT2D eigenvalue weighted by Gasteiger charge is 2.04. The minimum absolute atomic E-state index is 0. The van der Waals surface area contributed by atoms with E-state index in [9.17, 15) is 10.2 Å². The number of phenols is 2. The van der Waals surface area contributed by atoms with Crippen molar-refractivity contribution >= 4 is 11.4 Å². The average Bonchev–Trinajstić information content (AvgIpc) is 2.26. The van der Waals surface area contributed by atoms with Crippen molar-refractivity contribution in [3.05, 3.63) is 36.4 Å². The fraction of sp³-hybridized carbons (Fsp3) is 0. The Bertz CT molecular complexity index is 492. The van der Waals surface area contributed by atoms with Crippen molar-refractivity contribution in [1.82, 2.24) is 6.15 Å². The highest BCUT2D eigenvalue weighted by atomic mass is 16.3. The summed E-state index contributed by atoms with van der Waals surface area (Å²) in [6.07, 6.45) is 0. The van der Waals surface area contributed by atoms with E-state index in [2.05, 4.69) is 0 Å². The molecule has 0 unspecified atom stereocenters. The predicted octanol–water partition coefficient (Wildman–Crippen LogP) is 2.09. The number of nitrogen functional groups attached to an aromatic ring is 2. The Morgan fingerprint density at radius 1 is 0.706 bits per heavy atom. The van der Waals surface area contributed by atoms with E-state index in [0.29, 0.717) is 11.4 Å². The second-order valence-corrected chi connectivity index (χ2v) is 3.55. The number of hydrogen-bond acceptors (Lipinski definition) is 5. The molecular weight excluding hydrogens is 218 g/mol. The molecule has 2 aromatic rings. The van der Waals surface area contributed by atoms with Crippen molar-refractivity contribution in [3.8, 4) is 22.6 Å². The minimum atomic E-state index is 0. The SMILES string of the molecule is N.Nc1ccc(-c2ccc(N)c(O)c2)cc1O. The molecule has 0 radical (unpaired) electrons. The molecule has 0 aromatic heterocycles. The summed E-state index contributed by atoms with van der Waals surface area (Å²) in [5.74, 6) is 0.0441. The van der Waals surface area contributed by atoms with E-state index < -0.39 is 0 Å². The van der Waals surface area contributed by atoms with Crippen LogP contribution in [0.5, 0.6) is 11.5 Å². The normalized spacial score (nSPS) is 9.65. The zero-order chi connectivity index (χ0) is 11.7. The molecule has 0 aliphatic carbocycles. The van der Waals surface area contributed by atoms with Crippen LogP contribution in [0.15, 0.2) is 36.4 Å². The summed E-state index contributed by atoms with van der Waals surface area (Å²) in [7, 11) is 0. The Morgan fingerprint density at radius 2 is 1.06 bits per heavy atom. The topological polar surface area (TPSA) is 128 Å². The standard InChI is InChI=1S/C12H12N2O2.H3N/c13-9-3-1-7(5-11(9)15)8-2-4-10(14)12(16)6-8;/h1-6,15-16H,13-14H2;1H3. The molecule has 0 spiro atoms. The van der Waals surface area contributed by atoms with Crippen molar-refractivity contribution in [2.45, 2.75) is 0 Å². The molecule has 0 saturated carbocycles. The van der Waals surface area contributed by atoms with Crippen molar-refractivity contribution in [3.63, 3.8) is 0 Å². The largest absolute Gasteiger partial charge is 0.506 e. The summed E-state index contributed by atoms with van der Waals surface area (Å²) in [6, 6.07) is 9.83. The molecule has 5 heteroatoms. The third-order valence-corrected chi connectivity index (χ3v) is 2.39. The van der Waals surface area contributed by atoms with E-state index in [-0.39, 0.29) is 17.6 Å². The maximum atomic E-state index is 9.47. The summed E-state index contributed by atoms with van der Waals surface area (Å²) in [5.41, 5.74) is 13.2. The molecule has 2 rings (SSSR count). The Balaban J connectivity index is 0.00000144. The minimum Gasteiger partial charge on any atom is -0.506 e. The number of anilines is 2. The van der Waals surface area contributed by atoms with E-state index in [1.165, 1.54) is 0 Å². The first-order chi connectivity index (χ1) is 7.58. The van der Waals surface area contributed by atoms with E-state index in [0.717, 1.165) is 11.1 Å². The van der Waals surface area contributed by atoms with Gasteiger partial charge in [-0.3, -0.25) is 0 Å². The number of phenolic OH excluding ortho intramolecular Hbond substituents is 2. The lowest BCUT2D eigenvalue weighted by molar-refractivity contribution is 0.477. The fourth-order valence-corrected chi connectivity index (χ4v) is 1.45. The second-order valence-electron chi connectivity index (χ2n) is 3.55. The Morgan fingerprint density at radius 3 is 1.35 bits per heavy atom. The maximum absolute atomic E-state index is 9.47. The molecule has 0 aliphatic rings. The monoisotopic (exact) mass is 233 g/mol. The van der Waals surface area contributed by atoms with Crippen LogP contribution in [0.3, 0.4) is 0 Å². The lowest BCUT2D eigenvalue weighted by Crippen LogP contribution is -1.88. The van der Waals surface area contributed by atoms with Gasteiger partial charge in [0.1, 0.15) is 11.5 Å². The molecule has 9 N–H and O–H groups in total. The Labute approximate surface area is 98.9 Å². The summed E-state index contributed by atoms with van der Waals surface area (Å²) in [5, 5.41) is 18.9. The van der Waals surface area contributed by atoms with Gasteiger partial charge in [-0.1, -0.05) is 12.1 Å². The van der Waals surface area contributed by atoms with E-state index in [4.69, 9.17) is 11.5 Å². The number of aromatic hydroxyl groups is 2. The van der Waals surface area contributed by atoms with Crippen molar-refractivity contribution in [1.29, 1.82) is 0 Å². The van der Waals surface area contributed by atoms with Gasteiger partial charge in [0.05, 0.1) is 11.4 Å². The van der Waals surface area contributed by atoms with E-state index in [1.54, 1.807) is 36.4 Å². The van der Waals surface area contributed by atoms with E-state index >= 15 is 0 Å². The highest BCUT2D eigenvalue weighted by Crippen LogP contribution is 2.31. The van der Waals surface area contributed by atoms with Gasteiger partial charge < -0.3 is 27.8 Å². The molecule has 2 aromatic carbocycles. The van der Waals surface area contributed by atoms with Gasteiger partial charge >= 0.3 is 0 Å². The van der Waals surface area contributed by atoms with Crippen LogP contribution in [-0.2, 0) is 0 Å². The molecule has 90 valence electrons. The third-order valence-electron chi connectivity index (χ3n) is 2.39. The van der Waals surface area contributed by atoms with Crippen LogP contribution in [-0.4, -0.2) is 10.2 Å². The van der Waals surface area contributed by atoms with Crippen LogP contribution in [0.1, 0.15) is 0 Å². The summed E-state index contributed by atoms with van der Waals surface area (Å²) < 4.78 is 0. The molecule has 0 fully saturated rings. The van der Waals surface area contributed by atoms with Crippen molar-refractivity contribution in [2.75, 3.05) is 11.5 Å². The summed E-state index contributed by atoms with van der Waals surface area (Å²) >= 11 is 0. The van der Waals surface area contributed by atoms with Gasteiger partial charge in [0.2, 0.25) is 0 Å². The third kappa shape index (κ3) is 2.40. The second kappa shape index (κ2) is 4.63. The zero-order valence-electron chi connectivity index (χ0n) is 9.22. The van der Waals surface area contributed by atoms with Crippen LogP contribution < -0.4 is 17.6 Å². The lowest BCUT2D eigenvalue weighted by Gasteiger charge is -2.06. The molecule has 0 atom stereocenters. The first-order valence-electron chi connectivity index (χ1n) is 4.75. The van der Waals surface area contributed by atoms with E-state index in [1.807, 2.05) is 0 Å². The van der Waals surface area contributed by atoms with Gasteiger partial charge in [-0.25, -0.2) is 0 Å². The molecule has 0 saturated heterocycles. The Hall–Kier alpha value is -2.40. The molecule has 0 heterocycles. The van der Waals surface area contributed by atoms with Crippen LogP contribution in [0.25, 0.3) is 11.1 Å². The first kappa shape index (κ1) is 12.7.